The Balaban J connectivity index is 4.95. The molecule has 0 unspecified atom stereocenters. The summed E-state index contributed by atoms with van der Waals surface area (Å²) in [5.74, 6) is 0. The summed E-state index contributed by atoms with van der Waals surface area (Å²) in [4.78, 5) is 0. The van der Waals surface area contributed by atoms with Crippen molar-refractivity contribution < 1.29 is 8.22 Å². The van der Waals surface area contributed by atoms with E-state index in [1.807, 2.05) is 0 Å². The number of nitrogens with two attached hydrogens (primary N) is 1. The van der Waals surface area contributed by atoms with E-state index < -0.39 is 19.2 Å². The van der Waals surface area contributed by atoms with Crippen LogP contribution in [0.1, 0.15) is 35.3 Å². The molecule has 0 bridgehead atoms. The molecular formula is C5H13N. The Morgan fingerprint density at radius 3 is 2.33 bits per heavy atom. The lowest BCUT2D eigenvalue weighted by Crippen LogP contribution is -2.30. The maximum atomic E-state index is 6.99. The molecular weight excluding hydrogens is 74.1 g/mol. The Morgan fingerprint density at radius 2 is 2.33 bits per heavy atom. The van der Waals surface area contributed by atoms with E-state index in [-0.39, 0.29) is 6.42 Å². The summed E-state index contributed by atoms with van der Waals surface area (Å²) in [6.07, 6.45) is -0.0972. The van der Waals surface area contributed by atoms with Gasteiger partial charge in [0.15, 0.2) is 0 Å². The first-order valence-corrected chi connectivity index (χ1v) is 1.85. The highest BCUT2D eigenvalue weighted by Gasteiger charge is 2.03. The third kappa shape index (κ3) is 3.96. The average Bonchev–Trinajstić information content (AvgIpc) is 1.81. The van der Waals surface area contributed by atoms with E-state index in [0.29, 0.717) is 0 Å². The average molecular weight is 93.2 g/mol. The van der Waals surface area contributed by atoms with Crippen molar-refractivity contribution in [3.8, 4) is 0 Å². The Kier molecular flexibility index (Phi) is 0.327. The summed E-state index contributed by atoms with van der Waals surface area (Å²) in [5, 5.41) is 0. The van der Waals surface area contributed by atoms with E-state index in [1.54, 1.807) is 0 Å². The maximum Gasteiger partial charge on any atom is 0.0249 e. The summed E-state index contributed by atoms with van der Waals surface area (Å²) in [7, 11) is 0. The highest BCUT2D eigenvalue weighted by molar-refractivity contribution is 4.66. The van der Waals surface area contributed by atoms with Crippen LogP contribution in [0.5, 0.6) is 0 Å². The van der Waals surface area contributed by atoms with Crippen molar-refractivity contribution in [2.24, 2.45) is 5.73 Å². The normalized spacial score (nSPS) is 31.0. The van der Waals surface area contributed by atoms with E-state index in [4.69, 9.17) is 14.0 Å². The largest absolute Gasteiger partial charge is 0.326 e. The van der Waals surface area contributed by atoms with E-state index in [2.05, 4.69) is 0 Å². The molecule has 0 radical (unpaired) electrons. The molecule has 0 aromatic heterocycles. The van der Waals surface area contributed by atoms with Crippen LogP contribution in [0.2, 0.25) is 0 Å². The van der Waals surface area contributed by atoms with Crippen LogP contribution in [0.3, 0.4) is 0 Å². The Morgan fingerprint density at radius 1 is 1.83 bits per heavy atom. The van der Waals surface area contributed by atoms with Crippen LogP contribution in [0.4, 0.5) is 0 Å². The van der Waals surface area contributed by atoms with Gasteiger partial charge in [0, 0.05) is 13.8 Å². The molecule has 0 aliphatic heterocycles. The summed E-state index contributed by atoms with van der Waals surface area (Å²) in [5.41, 5.74) is 3.24. The fourth-order valence-electron chi connectivity index (χ4n) is 0. The molecule has 0 fully saturated rings. The zero-order valence-corrected chi connectivity index (χ0v) is 3.78. The molecule has 0 spiro atoms. The zero-order valence-electron chi connectivity index (χ0n) is 9.78. The van der Waals surface area contributed by atoms with Gasteiger partial charge in [0.25, 0.3) is 0 Å². The van der Waals surface area contributed by atoms with Crippen molar-refractivity contribution in [1.82, 2.24) is 0 Å². The Bertz CT molecular complexity index is 142. The van der Waals surface area contributed by atoms with E-state index in [0.717, 1.165) is 0 Å². The van der Waals surface area contributed by atoms with Crippen LogP contribution < -0.4 is 5.73 Å². The summed E-state index contributed by atoms with van der Waals surface area (Å²) in [6.45, 7) is -3.83. The SMILES string of the molecule is [2H]C([2H])([2H])C(N)(CC)C([2H])([2H])[2H]. The number of hydrogen-bond acceptors (Lipinski definition) is 1. The van der Waals surface area contributed by atoms with Gasteiger partial charge in [-0.2, -0.15) is 0 Å². The minimum atomic E-state index is -2.65. The van der Waals surface area contributed by atoms with Crippen molar-refractivity contribution >= 4 is 0 Å². The molecule has 6 heavy (non-hydrogen) atoms. The van der Waals surface area contributed by atoms with Crippen LogP contribution in [0.15, 0.2) is 0 Å². The van der Waals surface area contributed by atoms with Crippen molar-refractivity contribution in [2.75, 3.05) is 0 Å². The van der Waals surface area contributed by atoms with Gasteiger partial charge in [-0.15, -0.1) is 0 Å². The lowest BCUT2D eigenvalue weighted by atomic mass is 10.1. The smallest absolute Gasteiger partial charge is 0.0249 e. The molecule has 2 N–H and O–H groups in total. The van der Waals surface area contributed by atoms with E-state index >= 15 is 0 Å². The molecule has 0 amide bonds. The first-order chi connectivity index (χ1) is 5.06. The minimum Gasteiger partial charge on any atom is -0.326 e. The van der Waals surface area contributed by atoms with Crippen molar-refractivity contribution in [3.63, 3.8) is 0 Å². The molecule has 0 rings (SSSR count). The summed E-state index contributed by atoms with van der Waals surface area (Å²) < 4.78 is 41.9. The third-order valence-electron chi connectivity index (χ3n) is 0.558. The van der Waals surface area contributed by atoms with Crippen molar-refractivity contribution in [3.05, 3.63) is 0 Å². The van der Waals surface area contributed by atoms with Crippen molar-refractivity contribution in [1.29, 1.82) is 0 Å². The molecule has 0 atom stereocenters. The van der Waals surface area contributed by atoms with E-state index in [9.17, 15) is 0 Å². The van der Waals surface area contributed by atoms with Gasteiger partial charge in [0.2, 0.25) is 0 Å². The number of rotatable bonds is 1. The fraction of sp³-hybridized carbons (Fsp3) is 1.00. The quantitative estimate of drug-likeness (QED) is 0.516. The van der Waals surface area contributed by atoms with Gasteiger partial charge in [-0.05, 0) is 20.1 Å². The van der Waals surface area contributed by atoms with Gasteiger partial charge in [0.1, 0.15) is 0 Å². The van der Waals surface area contributed by atoms with Gasteiger partial charge in [-0.25, -0.2) is 0 Å². The molecule has 0 saturated carbocycles. The molecule has 0 aromatic carbocycles. The van der Waals surface area contributed by atoms with Gasteiger partial charge >= 0.3 is 0 Å². The minimum absolute atomic E-state index is 0.0972. The van der Waals surface area contributed by atoms with E-state index in [1.165, 1.54) is 6.92 Å². The monoisotopic (exact) mass is 93.1 g/mol. The standard InChI is InChI=1S/C5H13N/c1-4-5(2,3)6/h4,6H2,1-3H3/i2D3,3D3. The lowest BCUT2D eigenvalue weighted by Gasteiger charge is -2.13. The molecule has 38 valence electrons. The predicted octanol–water partition coefficient (Wildman–Crippen LogP) is 1.13. The third-order valence-corrected chi connectivity index (χ3v) is 0.558. The molecule has 1 nitrogen and oxygen atoms in total. The van der Waals surface area contributed by atoms with Crippen LogP contribution in [0.25, 0.3) is 0 Å². The first-order valence-electron chi connectivity index (χ1n) is 4.85. The molecule has 0 saturated heterocycles. The van der Waals surface area contributed by atoms with Crippen LogP contribution in [0, 0.1) is 0 Å². The highest BCUT2D eigenvalue weighted by atomic mass is 14.7. The van der Waals surface area contributed by atoms with Crippen LogP contribution >= 0.6 is 0 Å². The molecule has 0 heterocycles. The first kappa shape index (κ1) is 1.22. The predicted molar refractivity (Wildman–Crippen MR) is 28.6 cm³/mol. The van der Waals surface area contributed by atoms with Gasteiger partial charge < -0.3 is 5.73 Å². The summed E-state index contributed by atoms with van der Waals surface area (Å²) >= 11 is 0. The van der Waals surface area contributed by atoms with Gasteiger partial charge in [-0.3, -0.25) is 0 Å². The number of hydrogen-bond donors (Lipinski definition) is 1. The molecule has 1 heteroatoms. The molecule has 0 aromatic rings. The summed E-state index contributed by atoms with van der Waals surface area (Å²) in [6, 6.07) is 0. The van der Waals surface area contributed by atoms with Crippen molar-refractivity contribution in [2.45, 2.75) is 32.6 Å². The second kappa shape index (κ2) is 1.61. The fourth-order valence-corrected chi connectivity index (χ4v) is 0. The second-order valence-corrected chi connectivity index (χ2v) is 1.32. The lowest BCUT2D eigenvalue weighted by molar-refractivity contribution is 0.501. The molecule has 0 aliphatic carbocycles. The topological polar surface area (TPSA) is 26.0 Å². The maximum absolute atomic E-state index is 6.99. The van der Waals surface area contributed by atoms with Crippen LogP contribution in [-0.2, 0) is 0 Å². The van der Waals surface area contributed by atoms with Crippen LogP contribution in [-0.4, -0.2) is 5.54 Å². The molecule has 0 aliphatic rings. The Labute approximate surface area is 48.0 Å². The van der Waals surface area contributed by atoms with Gasteiger partial charge in [-0.1, -0.05) is 6.92 Å². The van der Waals surface area contributed by atoms with Gasteiger partial charge in [0.05, 0.1) is 0 Å². The highest BCUT2D eigenvalue weighted by Crippen LogP contribution is 1.99. The second-order valence-electron chi connectivity index (χ2n) is 1.32. The zero-order chi connectivity index (χ0) is 10.2. The Hall–Kier alpha value is -0.0400.